The van der Waals surface area contributed by atoms with Crippen LogP contribution in [0, 0.1) is 5.82 Å². The Bertz CT molecular complexity index is 894. The molecule has 0 spiro atoms. The number of hydrogen-bond donors (Lipinski definition) is 0. The molecule has 2 aromatic carbocycles. The minimum Gasteiger partial charge on any atom is -0.497 e. The highest BCUT2D eigenvalue weighted by atomic mass is 32.2. The molecule has 0 radical (unpaired) electrons. The van der Waals surface area contributed by atoms with E-state index in [0.717, 1.165) is 23.4 Å². The number of alkyl halides is 3. The quantitative estimate of drug-likeness (QED) is 0.437. The van der Waals surface area contributed by atoms with Gasteiger partial charge in [-0.05, 0) is 35.9 Å². The van der Waals surface area contributed by atoms with Crippen LogP contribution in [0.4, 0.5) is 17.6 Å². The third-order valence-electron chi connectivity index (χ3n) is 3.60. The van der Waals surface area contributed by atoms with Gasteiger partial charge in [0.1, 0.15) is 11.6 Å². The fraction of sp³-hybridized carbons (Fsp3) is 0.167. The zero-order valence-electron chi connectivity index (χ0n) is 13.1. The van der Waals surface area contributed by atoms with Crippen molar-refractivity contribution < 1.29 is 22.3 Å². The zero-order valence-corrected chi connectivity index (χ0v) is 13.9. The molecule has 0 amide bonds. The van der Waals surface area contributed by atoms with Crippen molar-refractivity contribution in [3.8, 4) is 5.75 Å². The Kier molecular flexibility index (Phi) is 4.85. The maximum atomic E-state index is 13.4. The third-order valence-corrected chi connectivity index (χ3v) is 4.58. The summed E-state index contributed by atoms with van der Waals surface area (Å²) in [6, 6.07) is 11.2. The highest BCUT2D eigenvalue weighted by Crippen LogP contribution is 2.38. The third kappa shape index (κ3) is 4.04. The van der Waals surface area contributed by atoms with E-state index in [1.807, 2.05) is 0 Å². The minimum absolute atomic E-state index is 0.0273. The second-order valence-electron chi connectivity index (χ2n) is 5.30. The largest absolute Gasteiger partial charge is 0.497 e. The number of fused-ring (bicyclic) bond motifs is 1. The van der Waals surface area contributed by atoms with Gasteiger partial charge in [-0.3, -0.25) is 0 Å². The molecule has 0 aliphatic heterocycles. The zero-order chi connectivity index (χ0) is 18.0. The molecule has 0 saturated heterocycles. The van der Waals surface area contributed by atoms with Crippen LogP contribution in [0.2, 0.25) is 0 Å². The van der Waals surface area contributed by atoms with E-state index in [4.69, 9.17) is 4.74 Å². The van der Waals surface area contributed by atoms with Crippen LogP contribution in [-0.4, -0.2) is 12.1 Å². The molecule has 0 unspecified atom stereocenters. The molecule has 25 heavy (non-hydrogen) atoms. The Hall–Kier alpha value is -2.28. The van der Waals surface area contributed by atoms with Gasteiger partial charge in [-0.2, -0.15) is 13.2 Å². The van der Waals surface area contributed by atoms with E-state index in [2.05, 4.69) is 4.98 Å². The summed E-state index contributed by atoms with van der Waals surface area (Å²) < 4.78 is 58.1. The van der Waals surface area contributed by atoms with Crippen molar-refractivity contribution in [3.63, 3.8) is 0 Å². The number of aromatic nitrogens is 1. The number of hydrogen-bond acceptors (Lipinski definition) is 3. The lowest BCUT2D eigenvalue weighted by Crippen LogP contribution is -2.07. The summed E-state index contributed by atoms with van der Waals surface area (Å²) in [5.41, 5.74) is 0.282. The van der Waals surface area contributed by atoms with Gasteiger partial charge >= 0.3 is 6.18 Å². The first-order valence-corrected chi connectivity index (χ1v) is 8.28. The normalized spacial score (nSPS) is 11.7. The number of thioether (sulfide) groups is 1. The van der Waals surface area contributed by atoms with Crippen LogP contribution in [0.5, 0.6) is 5.75 Å². The lowest BCUT2D eigenvalue weighted by atomic mass is 10.1. The summed E-state index contributed by atoms with van der Waals surface area (Å²) in [5, 5.41) is 0.275. The van der Waals surface area contributed by atoms with Crippen molar-refractivity contribution in [2.24, 2.45) is 0 Å². The molecule has 1 aromatic heterocycles. The van der Waals surface area contributed by atoms with E-state index >= 15 is 0 Å². The molecule has 0 saturated carbocycles. The van der Waals surface area contributed by atoms with E-state index < -0.39 is 11.7 Å². The van der Waals surface area contributed by atoms with E-state index in [1.165, 1.54) is 37.4 Å². The van der Waals surface area contributed by atoms with E-state index in [1.54, 1.807) is 12.1 Å². The molecule has 3 aromatic rings. The molecule has 0 atom stereocenters. The number of rotatable bonds is 4. The number of ether oxygens (including phenoxy) is 1. The Morgan fingerprint density at radius 2 is 1.76 bits per heavy atom. The molecule has 3 rings (SSSR count). The van der Waals surface area contributed by atoms with Crippen molar-refractivity contribution in [2.75, 3.05) is 7.11 Å². The van der Waals surface area contributed by atoms with Gasteiger partial charge in [-0.25, -0.2) is 9.37 Å². The molecule has 2 nitrogen and oxygen atoms in total. The molecular weight excluding hydrogens is 354 g/mol. The highest BCUT2D eigenvalue weighted by Gasteiger charge is 2.33. The molecule has 0 fully saturated rings. The summed E-state index contributed by atoms with van der Waals surface area (Å²) in [5.74, 6) is 0.470. The summed E-state index contributed by atoms with van der Waals surface area (Å²) >= 11 is 1.16. The van der Waals surface area contributed by atoms with E-state index in [0.29, 0.717) is 11.5 Å². The summed E-state index contributed by atoms with van der Waals surface area (Å²) in [6.45, 7) is 0. The lowest BCUT2D eigenvalue weighted by Gasteiger charge is -2.13. The van der Waals surface area contributed by atoms with E-state index in [9.17, 15) is 17.6 Å². The lowest BCUT2D eigenvalue weighted by molar-refractivity contribution is -0.136. The maximum absolute atomic E-state index is 13.4. The first kappa shape index (κ1) is 17.5. The number of halogens is 4. The number of pyridine rings is 1. The monoisotopic (exact) mass is 367 g/mol. The second kappa shape index (κ2) is 6.92. The number of benzene rings is 2. The molecular formula is C18H13F4NOS. The van der Waals surface area contributed by atoms with Crippen molar-refractivity contribution in [1.29, 1.82) is 0 Å². The van der Waals surface area contributed by atoms with Crippen LogP contribution < -0.4 is 4.74 Å². The van der Waals surface area contributed by atoms with Gasteiger partial charge in [0.05, 0.1) is 23.2 Å². The van der Waals surface area contributed by atoms with Gasteiger partial charge in [0.2, 0.25) is 0 Å². The number of methoxy groups -OCH3 is 1. The molecule has 0 N–H and O–H groups in total. The van der Waals surface area contributed by atoms with Crippen LogP contribution in [0.15, 0.2) is 53.6 Å². The fourth-order valence-electron chi connectivity index (χ4n) is 2.36. The first-order valence-electron chi connectivity index (χ1n) is 7.30. The first-order chi connectivity index (χ1) is 11.9. The molecule has 0 aliphatic carbocycles. The van der Waals surface area contributed by atoms with Gasteiger partial charge in [-0.1, -0.05) is 12.1 Å². The Labute approximate surface area is 145 Å². The number of nitrogens with zero attached hydrogens (tertiary/aromatic N) is 1. The average molecular weight is 367 g/mol. The van der Waals surface area contributed by atoms with Crippen molar-refractivity contribution in [1.82, 2.24) is 4.98 Å². The smallest absolute Gasteiger partial charge is 0.417 e. The predicted molar refractivity (Wildman–Crippen MR) is 89.3 cm³/mol. The van der Waals surface area contributed by atoms with Crippen LogP contribution in [-0.2, 0) is 11.9 Å². The van der Waals surface area contributed by atoms with Crippen LogP contribution in [0.1, 0.15) is 11.1 Å². The molecule has 7 heteroatoms. The van der Waals surface area contributed by atoms with Gasteiger partial charge in [0.15, 0.2) is 0 Å². The van der Waals surface area contributed by atoms with Crippen molar-refractivity contribution in [3.05, 3.63) is 65.5 Å². The highest BCUT2D eigenvalue weighted by molar-refractivity contribution is 7.98. The van der Waals surface area contributed by atoms with Gasteiger partial charge < -0.3 is 4.74 Å². The van der Waals surface area contributed by atoms with Gasteiger partial charge in [0.25, 0.3) is 0 Å². The SMILES string of the molecule is COc1ccc2c(C(F)(F)F)cc(SCc3ccc(F)cc3)nc2c1. The van der Waals surface area contributed by atoms with Gasteiger partial charge in [0, 0.05) is 17.2 Å². The van der Waals surface area contributed by atoms with Crippen LogP contribution >= 0.6 is 11.8 Å². The van der Waals surface area contributed by atoms with Gasteiger partial charge in [-0.15, -0.1) is 11.8 Å². The topological polar surface area (TPSA) is 22.1 Å². The van der Waals surface area contributed by atoms with Crippen molar-refractivity contribution in [2.45, 2.75) is 17.0 Å². The molecule has 0 bridgehead atoms. The Morgan fingerprint density at radius 1 is 1.04 bits per heavy atom. The maximum Gasteiger partial charge on any atom is 0.417 e. The predicted octanol–water partition coefficient (Wildman–Crippen LogP) is 5.69. The van der Waals surface area contributed by atoms with E-state index in [-0.39, 0.29) is 21.7 Å². The molecule has 130 valence electrons. The standard InChI is InChI=1S/C18H13F4NOS/c1-24-13-6-7-14-15(18(20,21)22)9-17(23-16(14)8-13)25-10-11-2-4-12(19)5-3-11/h2-9H,10H2,1H3. The molecule has 0 aliphatic rings. The second-order valence-corrected chi connectivity index (χ2v) is 6.30. The fourth-order valence-corrected chi connectivity index (χ4v) is 3.23. The minimum atomic E-state index is -4.49. The summed E-state index contributed by atoms with van der Waals surface area (Å²) in [7, 11) is 1.44. The van der Waals surface area contributed by atoms with Crippen molar-refractivity contribution >= 4 is 22.7 Å². The summed E-state index contributed by atoms with van der Waals surface area (Å²) in [6.07, 6.45) is -4.49. The summed E-state index contributed by atoms with van der Waals surface area (Å²) in [4.78, 5) is 4.30. The Balaban J connectivity index is 1.98. The Morgan fingerprint density at radius 3 is 2.40 bits per heavy atom. The average Bonchev–Trinajstić information content (AvgIpc) is 2.59. The van der Waals surface area contributed by atoms with Crippen LogP contribution in [0.3, 0.4) is 0 Å². The molecule has 1 heterocycles. The van der Waals surface area contributed by atoms with Crippen LogP contribution in [0.25, 0.3) is 10.9 Å².